The zero-order chi connectivity index (χ0) is 18.8. The number of carbonyl (C=O) groups is 1. The van der Waals surface area contributed by atoms with Gasteiger partial charge in [-0.05, 0) is 36.4 Å². The minimum absolute atomic E-state index is 0.0515. The highest BCUT2D eigenvalue weighted by molar-refractivity contribution is 5.92. The molecule has 7 heteroatoms. The van der Waals surface area contributed by atoms with E-state index in [1.807, 2.05) is 0 Å². The fourth-order valence-corrected chi connectivity index (χ4v) is 2.11. The van der Waals surface area contributed by atoms with Gasteiger partial charge in [0.1, 0.15) is 18.1 Å². The quantitative estimate of drug-likeness (QED) is 0.656. The second kappa shape index (κ2) is 10.3. The molecule has 1 amide bonds. The van der Waals surface area contributed by atoms with Crippen LogP contribution in [0.5, 0.6) is 23.0 Å². The number of methoxy groups -OCH3 is 3. The average molecular weight is 361 g/mol. The third-order valence-electron chi connectivity index (χ3n) is 3.40. The van der Waals surface area contributed by atoms with Gasteiger partial charge >= 0.3 is 0 Å². The molecule has 0 bridgehead atoms. The first-order valence-electron chi connectivity index (χ1n) is 8.02. The van der Waals surface area contributed by atoms with Crippen LogP contribution in [0.4, 0.5) is 5.69 Å². The topological polar surface area (TPSA) is 75.3 Å². The summed E-state index contributed by atoms with van der Waals surface area (Å²) in [7, 11) is 4.73. The number of benzene rings is 2. The molecular formula is C19H23NO6. The van der Waals surface area contributed by atoms with Gasteiger partial charge in [0.15, 0.2) is 11.5 Å². The molecule has 0 radical (unpaired) electrons. The summed E-state index contributed by atoms with van der Waals surface area (Å²) in [6.45, 7) is 0.748. The van der Waals surface area contributed by atoms with E-state index in [2.05, 4.69) is 5.32 Å². The van der Waals surface area contributed by atoms with Crippen molar-refractivity contribution in [1.29, 1.82) is 0 Å². The number of nitrogens with one attached hydrogen (secondary N) is 1. The van der Waals surface area contributed by atoms with Gasteiger partial charge in [0.25, 0.3) is 0 Å². The molecule has 0 aliphatic rings. The summed E-state index contributed by atoms with van der Waals surface area (Å²) in [4.78, 5) is 11.9. The maximum absolute atomic E-state index is 11.9. The SMILES string of the molecule is COCCOCC(=O)Nc1ccc(OC)c(Oc2ccc(OC)cc2)c1. The maximum Gasteiger partial charge on any atom is 0.250 e. The molecule has 0 fully saturated rings. The van der Waals surface area contributed by atoms with E-state index in [0.29, 0.717) is 36.1 Å². The van der Waals surface area contributed by atoms with Crippen LogP contribution >= 0.6 is 0 Å². The summed E-state index contributed by atoms with van der Waals surface area (Å²) in [5, 5.41) is 2.75. The molecule has 0 atom stereocenters. The number of hydrogen-bond donors (Lipinski definition) is 1. The molecule has 2 aromatic carbocycles. The predicted octanol–water partition coefficient (Wildman–Crippen LogP) is 3.10. The molecular weight excluding hydrogens is 338 g/mol. The van der Waals surface area contributed by atoms with Crippen molar-refractivity contribution < 1.29 is 28.5 Å². The number of ether oxygens (including phenoxy) is 5. The van der Waals surface area contributed by atoms with Gasteiger partial charge in [-0.25, -0.2) is 0 Å². The summed E-state index contributed by atoms with van der Waals surface area (Å²) >= 11 is 0. The lowest BCUT2D eigenvalue weighted by Crippen LogP contribution is -2.19. The molecule has 2 rings (SSSR count). The second-order valence-electron chi connectivity index (χ2n) is 5.24. The lowest BCUT2D eigenvalue weighted by molar-refractivity contribution is -0.121. The van der Waals surface area contributed by atoms with Gasteiger partial charge in [0.05, 0.1) is 27.4 Å². The minimum atomic E-state index is -0.262. The van der Waals surface area contributed by atoms with E-state index in [9.17, 15) is 4.79 Å². The number of hydrogen-bond acceptors (Lipinski definition) is 6. The Hall–Kier alpha value is -2.77. The molecule has 0 spiro atoms. The summed E-state index contributed by atoms with van der Waals surface area (Å²) in [5.41, 5.74) is 0.578. The molecule has 0 aliphatic carbocycles. The van der Waals surface area contributed by atoms with Crippen LogP contribution in [0.2, 0.25) is 0 Å². The maximum atomic E-state index is 11.9. The molecule has 0 aliphatic heterocycles. The van der Waals surface area contributed by atoms with Gasteiger partial charge in [-0.2, -0.15) is 0 Å². The molecule has 1 N–H and O–H groups in total. The van der Waals surface area contributed by atoms with Crippen molar-refractivity contribution in [3.8, 4) is 23.0 Å². The van der Waals surface area contributed by atoms with Crippen molar-refractivity contribution in [2.75, 3.05) is 46.5 Å². The zero-order valence-corrected chi connectivity index (χ0v) is 15.1. The van der Waals surface area contributed by atoms with Crippen molar-refractivity contribution in [2.45, 2.75) is 0 Å². The summed E-state index contributed by atoms with van der Waals surface area (Å²) in [6, 6.07) is 12.3. The second-order valence-corrected chi connectivity index (χ2v) is 5.24. The minimum Gasteiger partial charge on any atom is -0.497 e. The Labute approximate surface area is 152 Å². The number of carbonyl (C=O) groups excluding carboxylic acids is 1. The third kappa shape index (κ3) is 5.94. The number of anilines is 1. The highest BCUT2D eigenvalue weighted by atomic mass is 16.5. The van der Waals surface area contributed by atoms with Gasteiger partial charge in [0.2, 0.25) is 5.91 Å². The highest BCUT2D eigenvalue weighted by Crippen LogP contribution is 2.34. The first-order valence-corrected chi connectivity index (χ1v) is 8.02. The van der Waals surface area contributed by atoms with Crippen LogP contribution in [-0.2, 0) is 14.3 Å². The Morgan fingerprint density at radius 1 is 0.885 bits per heavy atom. The zero-order valence-electron chi connectivity index (χ0n) is 15.1. The van der Waals surface area contributed by atoms with E-state index >= 15 is 0 Å². The Bertz CT molecular complexity index is 702. The van der Waals surface area contributed by atoms with Gasteiger partial charge < -0.3 is 29.0 Å². The van der Waals surface area contributed by atoms with E-state index in [0.717, 1.165) is 5.75 Å². The van der Waals surface area contributed by atoms with Gasteiger partial charge in [0, 0.05) is 18.9 Å². The lowest BCUT2D eigenvalue weighted by Gasteiger charge is -2.13. The van der Waals surface area contributed by atoms with Gasteiger partial charge in [-0.15, -0.1) is 0 Å². The summed E-state index contributed by atoms with van der Waals surface area (Å²) in [6.07, 6.45) is 0. The monoisotopic (exact) mass is 361 g/mol. The molecule has 0 heterocycles. The van der Waals surface area contributed by atoms with Crippen LogP contribution in [0.3, 0.4) is 0 Å². The van der Waals surface area contributed by atoms with Crippen LogP contribution in [0.15, 0.2) is 42.5 Å². The van der Waals surface area contributed by atoms with Gasteiger partial charge in [-0.3, -0.25) is 4.79 Å². The van der Waals surface area contributed by atoms with Crippen LogP contribution < -0.4 is 19.5 Å². The predicted molar refractivity (Wildman–Crippen MR) is 97.4 cm³/mol. The van der Waals surface area contributed by atoms with Crippen molar-refractivity contribution in [3.05, 3.63) is 42.5 Å². The third-order valence-corrected chi connectivity index (χ3v) is 3.40. The van der Waals surface area contributed by atoms with Crippen LogP contribution in [0, 0.1) is 0 Å². The van der Waals surface area contributed by atoms with E-state index in [-0.39, 0.29) is 12.5 Å². The van der Waals surface area contributed by atoms with Crippen LogP contribution in [0.1, 0.15) is 0 Å². The van der Waals surface area contributed by atoms with Crippen LogP contribution in [-0.4, -0.2) is 47.1 Å². The molecule has 0 unspecified atom stereocenters. The fourth-order valence-electron chi connectivity index (χ4n) is 2.11. The molecule has 2 aromatic rings. The molecule has 0 saturated heterocycles. The van der Waals surface area contributed by atoms with E-state index in [4.69, 9.17) is 23.7 Å². The van der Waals surface area contributed by atoms with E-state index in [1.54, 1.807) is 63.8 Å². The smallest absolute Gasteiger partial charge is 0.250 e. The Morgan fingerprint density at radius 3 is 2.27 bits per heavy atom. The average Bonchev–Trinajstić information content (AvgIpc) is 2.66. The molecule has 0 aromatic heterocycles. The van der Waals surface area contributed by atoms with Crippen molar-refractivity contribution in [3.63, 3.8) is 0 Å². The van der Waals surface area contributed by atoms with Gasteiger partial charge in [-0.1, -0.05) is 0 Å². The van der Waals surface area contributed by atoms with Crippen molar-refractivity contribution in [2.24, 2.45) is 0 Å². The number of rotatable bonds is 10. The van der Waals surface area contributed by atoms with E-state index < -0.39 is 0 Å². The fraction of sp³-hybridized carbons (Fsp3) is 0.316. The number of amides is 1. The summed E-state index contributed by atoms with van der Waals surface area (Å²) in [5.74, 6) is 2.13. The molecule has 7 nitrogen and oxygen atoms in total. The Kier molecular flexibility index (Phi) is 7.73. The molecule has 140 valence electrons. The summed E-state index contributed by atoms with van der Waals surface area (Å²) < 4.78 is 26.4. The first kappa shape index (κ1) is 19.6. The van der Waals surface area contributed by atoms with E-state index in [1.165, 1.54) is 0 Å². The largest absolute Gasteiger partial charge is 0.497 e. The molecule has 0 saturated carbocycles. The standard InChI is InChI=1S/C19H23NO6/c1-22-10-11-25-13-19(21)20-14-4-9-17(24-3)18(12-14)26-16-7-5-15(23-2)6-8-16/h4-9,12H,10-11,13H2,1-3H3,(H,20,21). The first-order chi connectivity index (χ1) is 12.7. The van der Waals surface area contributed by atoms with Crippen molar-refractivity contribution >= 4 is 11.6 Å². The molecule has 26 heavy (non-hydrogen) atoms. The normalized spacial score (nSPS) is 10.3. The van der Waals surface area contributed by atoms with Crippen LogP contribution in [0.25, 0.3) is 0 Å². The highest BCUT2D eigenvalue weighted by Gasteiger charge is 2.10. The van der Waals surface area contributed by atoms with Crippen molar-refractivity contribution in [1.82, 2.24) is 0 Å². The Morgan fingerprint density at radius 2 is 1.62 bits per heavy atom. The lowest BCUT2D eigenvalue weighted by atomic mass is 10.2. The Balaban J connectivity index is 2.03.